The Hall–Kier alpha value is -2.06. The molecule has 5 heteroatoms. The third kappa shape index (κ3) is 3.24. The lowest BCUT2D eigenvalue weighted by Gasteiger charge is -2.05. The molecule has 0 aromatic carbocycles. The summed E-state index contributed by atoms with van der Waals surface area (Å²) in [6, 6.07) is 6.09. The number of hydrogen-bond donors (Lipinski definition) is 1. The number of nitrogens with zero attached hydrogens (tertiary/aromatic N) is 4. The first kappa shape index (κ1) is 13.4. The Balaban J connectivity index is 1.75. The Labute approximate surface area is 113 Å². The molecule has 2 aromatic heterocycles. The summed E-state index contributed by atoms with van der Waals surface area (Å²) in [5.41, 5.74) is 3.06. The molecule has 0 saturated carbocycles. The third-order valence-corrected chi connectivity index (χ3v) is 3.37. The number of rotatable bonds is 6. The van der Waals surface area contributed by atoms with E-state index in [9.17, 15) is 0 Å². The lowest BCUT2D eigenvalue weighted by molar-refractivity contribution is 0.543. The molecule has 1 N–H and O–H groups in total. The molecule has 5 nitrogen and oxygen atoms in total. The van der Waals surface area contributed by atoms with Crippen molar-refractivity contribution >= 4 is 0 Å². The molecule has 0 unspecified atom stereocenters. The predicted molar refractivity (Wildman–Crippen MR) is 73.4 cm³/mol. The second-order valence-corrected chi connectivity index (χ2v) is 4.61. The molecule has 2 rings (SSSR count). The van der Waals surface area contributed by atoms with Crippen LogP contribution in [-0.4, -0.2) is 20.9 Å². The van der Waals surface area contributed by atoms with Crippen LogP contribution in [-0.2, 0) is 20.1 Å². The second kappa shape index (κ2) is 6.21. The van der Waals surface area contributed by atoms with Crippen molar-refractivity contribution < 1.29 is 0 Å². The van der Waals surface area contributed by atoms with E-state index in [1.54, 1.807) is 6.20 Å². The van der Waals surface area contributed by atoms with E-state index in [1.165, 1.54) is 5.56 Å². The van der Waals surface area contributed by atoms with Crippen LogP contribution in [0.1, 0.15) is 23.4 Å². The third-order valence-electron chi connectivity index (χ3n) is 3.37. The van der Waals surface area contributed by atoms with Crippen molar-refractivity contribution in [2.24, 2.45) is 7.05 Å². The van der Waals surface area contributed by atoms with Gasteiger partial charge in [-0.2, -0.15) is 10.4 Å². The van der Waals surface area contributed by atoms with Gasteiger partial charge in [-0.25, -0.2) is 0 Å². The summed E-state index contributed by atoms with van der Waals surface area (Å²) in [4.78, 5) is 0. The highest BCUT2D eigenvalue weighted by atomic mass is 15.3. The number of nitrogens with one attached hydrogen (secondary N) is 1. The molecule has 19 heavy (non-hydrogen) atoms. The first-order chi connectivity index (χ1) is 9.22. The van der Waals surface area contributed by atoms with E-state index in [0.717, 1.165) is 31.7 Å². The van der Waals surface area contributed by atoms with Gasteiger partial charge in [0.15, 0.2) is 0 Å². The van der Waals surface area contributed by atoms with Gasteiger partial charge in [0.1, 0.15) is 11.8 Å². The van der Waals surface area contributed by atoms with Gasteiger partial charge in [0.05, 0.1) is 0 Å². The fraction of sp³-hybridized carbons (Fsp3) is 0.429. The van der Waals surface area contributed by atoms with Gasteiger partial charge in [0, 0.05) is 38.2 Å². The quantitative estimate of drug-likeness (QED) is 0.799. The van der Waals surface area contributed by atoms with Gasteiger partial charge < -0.3 is 9.88 Å². The summed E-state index contributed by atoms with van der Waals surface area (Å²) in [6.45, 7) is 4.72. The number of nitriles is 1. The zero-order valence-corrected chi connectivity index (χ0v) is 11.4. The minimum atomic E-state index is 0.714. The largest absolute Gasteiger partial charge is 0.340 e. The van der Waals surface area contributed by atoms with Crippen molar-refractivity contribution in [1.82, 2.24) is 19.7 Å². The smallest absolute Gasteiger partial charge is 0.120 e. The summed E-state index contributed by atoms with van der Waals surface area (Å²) in [6.07, 6.45) is 4.81. The monoisotopic (exact) mass is 257 g/mol. The van der Waals surface area contributed by atoms with E-state index >= 15 is 0 Å². The average Bonchev–Trinajstić information content (AvgIpc) is 3.01. The maximum absolute atomic E-state index is 8.97. The minimum absolute atomic E-state index is 0.714. The maximum atomic E-state index is 8.97. The second-order valence-electron chi connectivity index (χ2n) is 4.61. The fourth-order valence-corrected chi connectivity index (χ4v) is 2.07. The van der Waals surface area contributed by atoms with Crippen LogP contribution in [0, 0.1) is 18.3 Å². The molecule has 0 atom stereocenters. The fourth-order valence-electron chi connectivity index (χ4n) is 2.07. The average molecular weight is 257 g/mol. The lowest BCUT2D eigenvalue weighted by atomic mass is 10.2. The number of aryl methyl sites for hydroxylation is 1. The van der Waals surface area contributed by atoms with Gasteiger partial charge in [0.2, 0.25) is 0 Å². The zero-order chi connectivity index (χ0) is 13.7. The molecule has 0 amide bonds. The highest BCUT2D eigenvalue weighted by Crippen LogP contribution is 2.12. The molecule has 0 aliphatic carbocycles. The molecule has 0 aliphatic heterocycles. The van der Waals surface area contributed by atoms with Crippen molar-refractivity contribution in [2.45, 2.75) is 26.4 Å². The molecular formula is C14H19N5. The van der Waals surface area contributed by atoms with Gasteiger partial charge in [-0.3, -0.25) is 4.68 Å². The van der Waals surface area contributed by atoms with Gasteiger partial charge in [-0.05, 0) is 37.6 Å². The minimum Gasteiger partial charge on any atom is -0.340 e. The van der Waals surface area contributed by atoms with E-state index in [4.69, 9.17) is 5.26 Å². The Morgan fingerprint density at radius 3 is 2.95 bits per heavy atom. The molecule has 2 heterocycles. The Morgan fingerprint density at radius 1 is 1.47 bits per heavy atom. The lowest BCUT2D eigenvalue weighted by Crippen LogP contribution is -2.17. The van der Waals surface area contributed by atoms with Crippen molar-refractivity contribution in [1.29, 1.82) is 5.26 Å². The first-order valence-electron chi connectivity index (χ1n) is 6.46. The van der Waals surface area contributed by atoms with Crippen molar-refractivity contribution in [2.75, 3.05) is 6.54 Å². The van der Waals surface area contributed by atoms with Crippen molar-refractivity contribution in [3.63, 3.8) is 0 Å². The molecule has 0 fully saturated rings. The van der Waals surface area contributed by atoms with Gasteiger partial charge in [-0.1, -0.05) is 0 Å². The summed E-state index contributed by atoms with van der Waals surface area (Å²) in [5, 5.41) is 16.5. The molecule has 100 valence electrons. The summed E-state index contributed by atoms with van der Waals surface area (Å²) < 4.78 is 3.87. The summed E-state index contributed by atoms with van der Waals surface area (Å²) in [5.74, 6) is 0. The molecular weight excluding hydrogens is 238 g/mol. The molecule has 0 saturated heterocycles. The van der Waals surface area contributed by atoms with Crippen LogP contribution in [0.5, 0.6) is 0 Å². The van der Waals surface area contributed by atoms with Crippen molar-refractivity contribution in [3.8, 4) is 6.07 Å². The van der Waals surface area contributed by atoms with E-state index < -0.39 is 0 Å². The topological polar surface area (TPSA) is 58.6 Å². The summed E-state index contributed by atoms with van der Waals surface area (Å²) >= 11 is 0. The van der Waals surface area contributed by atoms with Crippen molar-refractivity contribution in [3.05, 3.63) is 41.5 Å². The van der Waals surface area contributed by atoms with E-state index in [1.807, 2.05) is 41.5 Å². The van der Waals surface area contributed by atoms with Gasteiger partial charge in [-0.15, -0.1) is 0 Å². The highest BCUT2D eigenvalue weighted by molar-refractivity contribution is 5.33. The molecule has 0 spiro atoms. The van der Waals surface area contributed by atoms with Crippen LogP contribution in [0.4, 0.5) is 0 Å². The van der Waals surface area contributed by atoms with Gasteiger partial charge >= 0.3 is 0 Å². The molecule has 0 aliphatic rings. The van der Waals surface area contributed by atoms with E-state index in [2.05, 4.69) is 16.5 Å². The summed E-state index contributed by atoms with van der Waals surface area (Å²) in [7, 11) is 1.93. The predicted octanol–water partition coefficient (Wildman–Crippen LogP) is 1.58. The van der Waals surface area contributed by atoms with Crippen LogP contribution in [0.3, 0.4) is 0 Å². The standard InChI is InChI=1S/C14H19N5/c1-12-13(9-14(10-15)18(12)2)11-16-5-3-7-19-8-4-6-17-19/h4,6,8-9,16H,3,5,7,11H2,1-2H3. The van der Waals surface area contributed by atoms with E-state index in [0.29, 0.717) is 5.69 Å². The maximum Gasteiger partial charge on any atom is 0.120 e. The molecule has 2 aromatic rings. The van der Waals surface area contributed by atoms with Crippen LogP contribution in [0.2, 0.25) is 0 Å². The SMILES string of the molecule is Cc1c(CNCCCn2cccn2)cc(C#N)n1C. The van der Waals surface area contributed by atoms with Crippen LogP contribution in [0.25, 0.3) is 0 Å². The first-order valence-corrected chi connectivity index (χ1v) is 6.46. The number of hydrogen-bond acceptors (Lipinski definition) is 3. The Kier molecular flexibility index (Phi) is 4.37. The van der Waals surface area contributed by atoms with Gasteiger partial charge in [0.25, 0.3) is 0 Å². The Morgan fingerprint density at radius 2 is 2.32 bits per heavy atom. The zero-order valence-electron chi connectivity index (χ0n) is 11.4. The Bertz CT molecular complexity index is 559. The van der Waals surface area contributed by atoms with Crippen LogP contribution in [0.15, 0.2) is 24.5 Å². The van der Waals surface area contributed by atoms with E-state index in [-0.39, 0.29) is 0 Å². The number of aromatic nitrogens is 3. The molecule has 0 radical (unpaired) electrons. The normalized spacial score (nSPS) is 10.6. The van der Waals surface area contributed by atoms with Crippen LogP contribution < -0.4 is 5.32 Å². The highest BCUT2D eigenvalue weighted by Gasteiger charge is 2.07. The van der Waals surface area contributed by atoms with Crippen LogP contribution >= 0.6 is 0 Å². The molecule has 0 bridgehead atoms.